The maximum atomic E-state index is 5.43. The van der Waals surface area contributed by atoms with Crippen molar-refractivity contribution < 1.29 is 0 Å². The lowest BCUT2D eigenvalue weighted by atomic mass is 10.1. The molecule has 0 saturated heterocycles. The van der Waals surface area contributed by atoms with Crippen molar-refractivity contribution in [2.75, 3.05) is 0 Å². The molecule has 0 radical (unpaired) electrons. The van der Waals surface area contributed by atoms with E-state index in [-0.39, 0.29) is 0 Å². The molecular formula is C57H36N6. The molecule has 6 heteroatoms. The number of para-hydroxylation sites is 4. The predicted octanol–water partition coefficient (Wildman–Crippen LogP) is 14.2. The molecule has 0 aliphatic rings. The molecule has 0 aliphatic heterocycles. The summed E-state index contributed by atoms with van der Waals surface area (Å²) in [6.07, 6.45) is 1.92. The average molecular weight is 805 g/mol. The van der Waals surface area contributed by atoms with Crippen LogP contribution in [0.15, 0.2) is 219 Å². The number of aromatic nitrogens is 6. The number of rotatable bonds is 6. The minimum atomic E-state index is 0.593. The van der Waals surface area contributed by atoms with Crippen LogP contribution in [-0.4, -0.2) is 28.7 Å². The Morgan fingerprint density at radius 1 is 0.286 bits per heavy atom. The molecule has 13 aromatic rings. The minimum absolute atomic E-state index is 0.593. The lowest BCUT2D eigenvalue weighted by Crippen LogP contribution is -2.05. The lowest BCUT2D eigenvalue weighted by Gasteiger charge is -2.14. The number of hydrogen-bond acceptors (Lipinski definition) is 3. The lowest BCUT2D eigenvalue weighted by molar-refractivity contribution is 0.994. The van der Waals surface area contributed by atoms with Gasteiger partial charge >= 0.3 is 0 Å². The summed E-state index contributed by atoms with van der Waals surface area (Å²) >= 11 is 0. The van der Waals surface area contributed by atoms with E-state index in [9.17, 15) is 0 Å². The van der Waals surface area contributed by atoms with Gasteiger partial charge in [0.05, 0.1) is 50.2 Å². The Labute approximate surface area is 362 Å². The first-order chi connectivity index (χ1) is 31.3. The molecule has 5 heterocycles. The fourth-order valence-electron chi connectivity index (χ4n) is 9.69. The van der Waals surface area contributed by atoms with Crippen molar-refractivity contribution in [3.63, 3.8) is 0 Å². The quantitative estimate of drug-likeness (QED) is 0.168. The Balaban J connectivity index is 1.07. The van der Waals surface area contributed by atoms with E-state index in [0.717, 1.165) is 83.4 Å². The highest BCUT2D eigenvalue weighted by Crippen LogP contribution is 2.42. The van der Waals surface area contributed by atoms with Gasteiger partial charge in [0.25, 0.3) is 0 Å². The van der Waals surface area contributed by atoms with Crippen molar-refractivity contribution in [3.8, 4) is 51.1 Å². The summed E-state index contributed by atoms with van der Waals surface area (Å²) in [7, 11) is 0. The van der Waals surface area contributed by atoms with Crippen LogP contribution in [0.4, 0.5) is 0 Å². The number of benzene rings is 8. The van der Waals surface area contributed by atoms with Crippen LogP contribution < -0.4 is 0 Å². The molecule has 0 unspecified atom stereocenters. The van der Waals surface area contributed by atoms with Crippen molar-refractivity contribution in [2.45, 2.75) is 0 Å². The molecule has 6 nitrogen and oxygen atoms in total. The molecule has 0 aliphatic carbocycles. The van der Waals surface area contributed by atoms with E-state index in [1.54, 1.807) is 0 Å². The monoisotopic (exact) mass is 804 g/mol. The second-order valence-corrected chi connectivity index (χ2v) is 16.1. The van der Waals surface area contributed by atoms with Crippen LogP contribution in [0.3, 0.4) is 0 Å². The topological polar surface area (TPSA) is 53.5 Å². The number of nitrogens with zero attached hydrogens (tertiary/aromatic N) is 6. The first-order valence-corrected chi connectivity index (χ1v) is 21.3. The molecule has 0 fully saturated rings. The molecule has 0 spiro atoms. The van der Waals surface area contributed by atoms with Crippen LogP contribution in [0.25, 0.3) is 117 Å². The van der Waals surface area contributed by atoms with Gasteiger partial charge in [-0.25, -0.2) is 9.97 Å². The van der Waals surface area contributed by atoms with Crippen LogP contribution in [0, 0.1) is 0 Å². The summed E-state index contributed by atoms with van der Waals surface area (Å²) in [6.45, 7) is 0. The van der Waals surface area contributed by atoms with E-state index in [1.807, 2.05) is 30.5 Å². The summed E-state index contributed by atoms with van der Waals surface area (Å²) in [6, 6.07) is 75.1. The molecule has 0 bridgehead atoms. The van der Waals surface area contributed by atoms with Crippen molar-refractivity contribution >= 4 is 65.4 Å². The number of fused-ring (bicyclic) bond motifs is 10. The van der Waals surface area contributed by atoms with Gasteiger partial charge in [0.1, 0.15) is 0 Å². The molecule has 0 amide bonds. The van der Waals surface area contributed by atoms with E-state index < -0.39 is 0 Å². The van der Waals surface area contributed by atoms with E-state index in [1.165, 1.54) is 27.2 Å². The standard InChI is InChI=1S/C57H36N6/c1-3-15-37(16-4-1)48-34-27-39(36-58-48)50-35-49(38-17-5-2-6-18-38)59-57(60-50)63-54-26-14-10-22-45(54)47-33-32-46-44-21-9-13-25-53(44)62(55(46)56(47)63)41-30-28-40(29-31-41)61-51-23-11-7-19-42(51)43-20-8-12-24-52(43)61/h1-36H. The smallest absolute Gasteiger partial charge is 0.235 e. The SMILES string of the molecule is c1ccc(-c2ccc(-c3cc(-c4ccccc4)nc(-n4c5ccccc5c5ccc6c7ccccc7n(-c7ccc(-n8c9ccccc9c9ccccc98)cc7)c6c54)n3)cn2)cc1. The highest BCUT2D eigenvalue weighted by Gasteiger charge is 2.23. The third-order valence-electron chi connectivity index (χ3n) is 12.5. The molecule has 5 aromatic heterocycles. The van der Waals surface area contributed by atoms with Crippen LogP contribution in [0.2, 0.25) is 0 Å². The molecular weight excluding hydrogens is 769 g/mol. The van der Waals surface area contributed by atoms with Gasteiger partial charge in [0, 0.05) is 66.6 Å². The maximum absolute atomic E-state index is 5.43. The first kappa shape index (κ1) is 35.2. The van der Waals surface area contributed by atoms with Crippen LogP contribution in [-0.2, 0) is 0 Å². The van der Waals surface area contributed by atoms with Gasteiger partial charge < -0.3 is 9.13 Å². The Morgan fingerprint density at radius 2 is 0.698 bits per heavy atom. The zero-order valence-corrected chi connectivity index (χ0v) is 34.0. The molecule has 8 aromatic carbocycles. The average Bonchev–Trinajstić information content (AvgIpc) is 4.01. The predicted molar refractivity (Wildman–Crippen MR) is 259 cm³/mol. The highest BCUT2D eigenvalue weighted by atomic mass is 15.2. The van der Waals surface area contributed by atoms with Crippen molar-refractivity contribution in [3.05, 3.63) is 219 Å². The second-order valence-electron chi connectivity index (χ2n) is 16.1. The fraction of sp³-hybridized carbons (Fsp3) is 0. The van der Waals surface area contributed by atoms with Crippen molar-refractivity contribution in [1.82, 2.24) is 28.7 Å². The van der Waals surface area contributed by atoms with E-state index >= 15 is 0 Å². The van der Waals surface area contributed by atoms with Crippen LogP contribution >= 0.6 is 0 Å². The van der Waals surface area contributed by atoms with Gasteiger partial charge in [-0.05, 0) is 66.7 Å². The van der Waals surface area contributed by atoms with Gasteiger partial charge in [0.2, 0.25) is 5.95 Å². The molecule has 0 atom stereocenters. The maximum Gasteiger partial charge on any atom is 0.235 e. The van der Waals surface area contributed by atoms with Gasteiger partial charge in [-0.1, -0.05) is 146 Å². The normalized spacial score (nSPS) is 11.8. The zero-order valence-electron chi connectivity index (χ0n) is 34.0. The van der Waals surface area contributed by atoms with Crippen LogP contribution in [0.1, 0.15) is 0 Å². The Bertz CT molecular complexity index is 3830. The zero-order chi connectivity index (χ0) is 41.4. The third kappa shape index (κ3) is 5.48. The van der Waals surface area contributed by atoms with Gasteiger partial charge in [0.15, 0.2) is 0 Å². The van der Waals surface area contributed by atoms with E-state index in [0.29, 0.717) is 5.95 Å². The molecule has 0 N–H and O–H groups in total. The number of pyridine rings is 1. The summed E-state index contributed by atoms with van der Waals surface area (Å²) in [5, 5.41) is 7.11. The fourth-order valence-corrected chi connectivity index (χ4v) is 9.69. The Hall–Kier alpha value is -8.61. The first-order valence-electron chi connectivity index (χ1n) is 21.3. The number of hydrogen-bond donors (Lipinski definition) is 0. The molecule has 0 saturated carbocycles. The van der Waals surface area contributed by atoms with Crippen molar-refractivity contribution in [2.24, 2.45) is 0 Å². The summed E-state index contributed by atoms with van der Waals surface area (Å²) in [4.78, 5) is 15.7. The Morgan fingerprint density at radius 3 is 1.22 bits per heavy atom. The molecule has 294 valence electrons. The van der Waals surface area contributed by atoms with E-state index in [4.69, 9.17) is 15.0 Å². The van der Waals surface area contributed by atoms with Gasteiger partial charge in [-0.2, -0.15) is 0 Å². The highest BCUT2D eigenvalue weighted by molar-refractivity contribution is 6.23. The van der Waals surface area contributed by atoms with E-state index in [2.05, 4.69) is 202 Å². The second kappa shape index (κ2) is 14.0. The summed E-state index contributed by atoms with van der Waals surface area (Å²) in [5.41, 5.74) is 14.4. The van der Waals surface area contributed by atoms with Gasteiger partial charge in [-0.3, -0.25) is 9.55 Å². The largest absolute Gasteiger partial charge is 0.309 e. The summed E-state index contributed by atoms with van der Waals surface area (Å²) < 4.78 is 7.07. The molecule has 63 heavy (non-hydrogen) atoms. The van der Waals surface area contributed by atoms with Crippen LogP contribution in [0.5, 0.6) is 0 Å². The van der Waals surface area contributed by atoms with Gasteiger partial charge in [-0.15, -0.1) is 0 Å². The third-order valence-corrected chi connectivity index (χ3v) is 12.5. The summed E-state index contributed by atoms with van der Waals surface area (Å²) in [5.74, 6) is 0.593. The molecule has 13 rings (SSSR count). The van der Waals surface area contributed by atoms with Crippen molar-refractivity contribution in [1.29, 1.82) is 0 Å². The Kier molecular flexibility index (Phi) is 7.80. The minimum Gasteiger partial charge on any atom is -0.309 e.